The van der Waals surface area contributed by atoms with Crippen molar-refractivity contribution in [1.29, 1.82) is 0 Å². The molecule has 26 heavy (non-hydrogen) atoms. The van der Waals surface area contributed by atoms with E-state index >= 15 is 0 Å². The molecule has 0 bridgehead atoms. The Bertz CT molecular complexity index is 775. The lowest BCUT2D eigenvalue weighted by molar-refractivity contribution is -0.130. The highest BCUT2D eigenvalue weighted by Gasteiger charge is 2.27. The van der Waals surface area contributed by atoms with Crippen LogP contribution in [0.25, 0.3) is 0 Å². The minimum Gasteiger partial charge on any atom is -0.348 e. The van der Waals surface area contributed by atoms with Crippen molar-refractivity contribution in [3.63, 3.8) is 0 Å². The number of nitrogens with one attached hydrogen (secondary N) is 1. The van der Waals surface area contributed by atoms with Gasteiger partial charge in [0.25, 0.3) is 0 Å². The largest absolute Gasteiger partial charge is 0.348 e. The van der Waals surface area contributed by atoms with Gasteiger partial charge in [-0.25, -0.2) is 15.0 Å². The molecule has 1 saturated heterocycles. The molecule has 140 valence electrons. The van der Waals surface area contributed by atoms with Crippen LogP contribution in [-0.4, -0.2) is 57.8 Å². The number of hydrogen-bond acceptors (Lipinski definition) is 7. The van der Waals surface area contributed by atoms with Gasteiger partial charge in [-0.05, 0) is 33.2 Å². The third-order valence-electron chi connectivity index (χ3n) is 4.50. The molecule has 0 saturated carbocycles. The molecule has 3 heterocycles. The Morgan fingerprint density at radius 2 is 2.12 bits per heavy atom. The Hall–Kier alpha value is -2.06. The molecule has 2 aromatic heterocycles. The normalized spacial score (nSPS) is 17.9. The van der Waals surface area contributed by atoms with Crippen molar-refractivity contribution in [3.05, 3.63) is 28.7 Å². The highest BCUT2D eigenvalue weighted by atomic mass is 32.1. The van der Waals surface area contributed by atoms with Gasteiger partial charge in [0.15, 0.2) is 5.13 Å². The van der Waals surface area contributed by atoms with Gasteiger partial charge < -0.3 is 10.2 Å². The van der Waals surface area contributed by atoms with Crippen LogP contribution >= 0.6 is 11.3 Å². The molecule has 3 rings (SSSR count). The van der Waals surface area contributed by atoms with Crippen molar-refractivity contribution in [2.45, 2.75) is 39.2 Å². The van der Waals surface area contributed by atoms with Crippen LogP contribution in [0.4, 0.5) is 10.9 Å². The number of carbonyl (C=O) groups is 1. The van der Waals surface area contributed by atoms with E-state index in [0.717, 1.165) is 54.0 Å². The summed E-state index contributed by atoms with van der Waals surface area (Å²) >= 11 is 1.56. The Labute approximate surface area is 158 Å². The van der Waals surface area contributed by atoms with Crippen molar-refractivity contribution in [3.8, 4) is 0 Å². The SMILES string of the molecule is Cc1csc(Nc2cc([C@@H]3CCCCN3CC(=O)N(C)C)nc(C)n2)n1. The maximum atomic E-state index is 12.2. The predicted molar refractivity (Wildman–Crippen MR) is 104 cm³/mol. The standard InChI is InChI=1S/C18H26N6OS/c1-12-11-26-18(19-12)22-16-9-14(20-13(2)21-16)15-7-5-6-8-24(15)10-17(25)23(3)4/h9,11,15H,5-8,10H2,1-4H3,(H,19,20,21,22)/t15-/m0/s1. The van der Waals surface area contributed by atoms with Crippen LogP contribution in [0.1, 0.15) is 42.5 Å². The zero-order valence-corrected chi connectivity index (χ0v) is 16.6. The van der Waals surface area contributed by atoms with E-state index in [1.54, 1.807) is 30.3 Å². The smallest absolute Gasteiger partial charge is 0.236 e. The molecule has 1 fully saturated rings. The molecule has 1 N–H and O–H groups in total. The number of hydrogen-bond donors (Lipinski definition) is 1. The molecule has 1 aliphatic heterocycles. The lowest BCUT2D eigenvalue weighted by atomic mass is 9.99. The molecule has 0 unspecified atom stereocenters. The second-order valence-electron chi connectivity index (χ2n) is 6.91. The van der Waals surface area contributed by atoms with Crippen LogP contribution in [0.15, 0.2) is 11.4 Å². The van der Waals surface area contributed by atoms with Gasteiger partial charge in [0.2, 0.25) is 5.91 Å². The molecule has 7 nitrogen and oxygen atoms in total. The molecule has 0 spiro atoms. The van der Waals surface area contributed by atoms with Crippen LogP contribution in [0, 0.1) is 13.8 Å². The number of amides is 1. The summed E-state index contributed by atoms with van der Waals surface area (Å²) in [6.45, 7) is 5.22. The lowest BCUT2D eigenvalue weighted by Gasteiger charge is -2.35. The molecule has 0 radical (unpaired) electrons. The number of thiazole rings is 1. The van der Waals surface area contributed by atoms with Gasteiger partial charge in [-0.15, -0.1) is 11.3 Å². The number of rotatable bonds is 5. The van der Waals surface area contributed by atoms with Gasteiger partial charge in [-0.2, -0.15) is 0 Å². The second kappa shape index (κ2) is 8.09. The minimum atomic E-state index is 0.124. The average molecular weight is 375 g/mol. The fourth-order valence-electron chi connectivity index (χ4n) is 3.18. The number of nitrogens with zero attached hydrogens (tertiary/aromatic N) is 5. The summed E-state index contributed by atoms with van der Waals surface area (Å²) in [6, 6.07) is 2.14. The topological polar surface area (TPSA) is 74.2 Å². The van der Waals surface area contributed by atoms with Crippen LogP contribution in [0.3, 0.4) is 0 Å². The summed E-state index contributed by atoms with van der Waals surface area (Å²) in [6.07, 6.45) is 3.27. The monoisotopic (exact) mass is 374 g/mol. The molecule has 8 heteroatoms. The van der Waals surface area contributed by atoms with E-state index in [2.05, 4.69) is 25.2 Å². The Morgan fingerprint density at radius 3 is 2.81 bits per heavy atom. The maximum Gasteiger partial charge on any atom is 0.236 e. The predicted octanol–water partition coefficient (Wildman–Crippen LogP) is 2.91. The van der Waals surface area contributed by atoms with Gasteiger partial charge >= 0.3 is 0 Å². The number of carbonyl (C=O) groups excluding carboxylic acids is 1. The third-order valence-corrected chi connectivity index (χ3v) is 5.38. The molecule has 2 aromatic rings. The minimum absolute atomic E-state index is 0.124. The molecular formula is C18H26N6OS. The maximum absolute atomic E-state index is 12.2. The van der Waals surface area contributed by atoms with Gasteiger partial charge in [-0.3, -0.25) is 9.69 Å². The number of aryl methyl sites for hydroxylation is 2. The molecule has 1 amide bonds. The van der Waals surface area contributed by atoms with E-state index in [1.165, 1.54) is 0 Å². The molecule has 0 aliphatic carbocycles. The number of aromatic nitrogens is 3. The van der Waals surface area contributed by atoms with Crippen LogP contribution in [0.2, 0.25) is 0 Å². The highest BCUT2D eigenvalue weighted by Crippen LogP contribution is 2.31. The number of anilines is 2. The van der Waals surface area contributed by atoms with E-state index in [1.807, 2.05) is 25.3 Å². The first kappa shape index (κ1) is 18.7. The second-order valence-corrected chi connectivity index (χ2v) is 7.77. The summed E-state index contributed by atoms with van der Waals surface area (Å²) in [4.78, 5) is 29.7. The summed E-state index contributed by atoms with van der Waals surface area (Å²) in [7, 11) is 3.60. The number of piperidine rings is 1. The zero-order valence-electron chi connectivity index (χ0n) is 15.8. The first-order valence-corrected chi connectivity index (χ1v) is 9.79. The number of likely N-dealkylation sites (N-methyl/N-ethyl adjacent to an activating group) is 1. The number of likely N-dealkylation sites (tertiary alicyclic amines) is 1. The van der Waals surface area contributed by atoms with Gasteiger partial charge in [0.1, 0.15) is 11.6 Å². The van der Waals surface area contributed by atoms with Gasteiger partial charge in [-0.1, -0.05) is 6.42 Å². The summed E-state index contributed by atoms with van der Waals surface area (Å²) in [5.74, 6) is 1.60. The van der Waals surface area contributed by atoms with Crippen LogP contribution < -0.4 is 5.32 Å². The van der Waals surface area contributed by atoms with E-state index in [9.17, 15) is 4.79 Å². The quantitative estimate of drug-likeness (QED) is 0.867. The fraction of sp³-hybridized carbons (Fsp3) is 0.556. The van der Waals surface area contributed by atoms with Crippen LogP contribution in [0.5, 0.6) is 0 Å². The summed E-state index contributed by atoms with van der Waals surface area (Å²) in [5.41, 5.74) is 1.96. The van der Waals surface area contributed by atoms with E-state index in [0.29, 0.717) is 6.54 Å². The average Bonchev–Trinajstić information content (AvgIpc) is 2.99. The zero-order chi connectivity index (χ0) is 18.7. The molecule has 0 aromatic carbocycles. The Kier molecular flexibility index (Phi) is 5.83. The van der Waals surface area contributed by atoms with Gasteiger partial charge in [0.05, 0.1) is 24.0 Å². The van der Waals surface area contributed by atoms with E-state index in [-0.39, 0.29) is 11.9 Å². The van der Waals surface area contributed by atoms with Crippen LogP contribution in [-0.2, 0) is 4.79 Å². The highest BCUT2D eigenvalue weighted by molar-refractivity contribution is 7.13. The molecule has 1 aliphatic rings. The van der Waals surface area contributed by atoms with Crippen molar-refractivity contribution < 1.29 is 4.79 Å². The van der Waals surface area contributed by atoms with Crippen molar-refractivity contribution in [2.75, 3.05) is 32.5 Å². The molecular weight excluding hydrogens is 348 g/mol. The third kappa shape index (κ3) is 4.56. The van der Waals surface area contributed by atoms with Crippen molar-refractivity contribution >= 4 is 28.2 Å². The summed E-state index contributed by atoms with van der Waals surface area (Å²) < 4.78 is 0. The molecule has 1 atom stereocenters. The summed E-state index contributed by atoms with van der Waals surface area (Å²) in [5, 5.41) is 6.12. The lowest BCUT2D eigenvalue weighted by Crippen LogP contribution is -2.41. The van der Waals surface area contributed by atoms with E-state index in [4.69, 9.17) is 0 Å². The van der Waals surface area contributed by atoms with E-state index < -0.39 is 0 Å². The first-order valence-electron chi connectivity index (χ1n) is 8.91. The first-order chi connectivity index (χ1) is 12.4. The fourth-order valence-corrected chi connectivity index (χ4v) is 3.87. The Morgan fingerprint density at radius 1 is 1.31 bits per heavy atom. The Balaban J connectivity index is 1.82. The van der Waals surface area contributed by atoms with Gasteiger partial charge in [0, 0.05) is 25.5 Å². The van der Waals surface area contributed by atoms with Crippen molar-refractivity contribution in [1.82, 2.24) is 24.8 Å². The van der Waals surface area contributed by atoms with Crippen molar-refractivity contribution in [2.24, 2.45) is 0 Å².